The summed E-state index contributed by atoms with van der Waals surface area (Å²) in [5.74, 6) is -0.970. The molecule has 0 heterocycles. The molecule has 0 spiro atoms. The second kappa shape index (κ2) is 8.44. The molecule has 0 aliphatic heterocycles. The van der Waals surface area contributed by atoms with E-state index in [2.05, 4.69) is 5.32 Å². The fraction of sp³-hybridized carbons (Fsp3) is 0.385. The van der Waals surface area contributed by atoms with E-state index >= 15 is 0 Å². The highest BCUT2D eigenvalue weighted by molar-refractivity contribution is 7.90. The van der Waals surface area contributed by atoms with E-state index in [0.717, 1.165) is 5.56 Å². The minimum Gasteiger partial charge on any atom is -0.617 e. The Balaban J connectivity index is 2.40. The number of carboxylic acid groups (broad SMARTS) is 1. The first-order valence-electron chi connectivity index (χ1n) is 5.99. The summed E-state index contributed by atoms with van der Waals surface area (Å²) in [6.07, 6.45) is 0.772. The maximum absolute atomic E-state index is 11.5. The van der Waals surface area contributed by atoms with Crippen molar-refractivity contribution in [3.05, 3.63) is 35.9 Å². The van der Waals surface area contributed by atoms with Crippen molar-refractivity contribution in [3.8, 4) is 0 Å². The molecule has 1 aromatic carbocycles. The van der Waals surface area contributed by atoms with Crippen molar-refractivity contribution in [1.82, 2.24) is 5.32 Å². The van der Waals surface area contributed by atoms with Crippen molar-refractivity contribution in [2.75, 3.05) is 12.0 Å². The average Bonchev–Trinajstić information content (AvgIpc) is 2.41. The van der Waals surface area contributed by atoms with Crippen LogP contribution in [0.3, 0.4) is 0 Å². The molecule has 1 aromatic rings. The number of benzene rings is 1. The number of hydrogen-bond acceptors (Lipinski definition) is 4. The summed E-state index contributed by atoms with van der Waals surface area (Å²) in [5.41, 5.74) is 0.809. The Hall–Kier alpha value is -1.73. The quantitative estimate of drug-likeness (QED) is 0.735. The van der Waals surface area contributed by atoms with Gasteiger partial charge in [0.05, 0.1) is 6.26 Å². The number of alkyl carbamates (subject to hydrolysis) is 1. The Morgan fingerprint density at radius 2 is 2.05 bits per heavy atom. The van der Waals surface area contributed by atoms with E-state index in [1.54, 1.807) is 12.1 Å². The zero-order valence-corrected chi connectivity index (χ0v) is 11.9. The summed E-state index contributed by atoms with van der Waals surface area (Å²) in [5, 5.41) is 11.2. The summed E-state index contributed by atoms with van der Waals surface area (Å²) < 4.78 is 15.9. The van der Waals surface area contributed by atoms with E-state index in [0.29, 0.717) is 0 Å². The lowest BCUT2D eigenvalue weighted by Crippen LogP contribution is -2.42. The van der Waals surface area contributed by atoms with Gasteiger partial charge in [-0.25, -0.2) is 9.59 Å². The molecule has 0 fully saturated rings. The van der Waals surface area contributed by atoms with E-state index in [1.807, 2.05) is 18.2 Å². The summed E-state index contributed by atoms with van der Waals surface area (Å²) in [6.45, 7) is 0.0682. The summed E-state index contributed by atoms with van der Waals surface area (Å²) in [7, 11) is 0. The van der Waals surface area contributed by atoms with Crippen molar-refractivity contribution >= 4 is 23.2 Å². The molecule has 2 N–H and O–H groups in total. The standard InChI is InChI=1S/C13H17NO5S/c1-20(18)8-7-11(12(15)16)14-13(17)19-9-10-5-3-2-4-6-10/h2-6,11H,7-9H2,1H3,(H,14,17)(H,15,16)/t11-,20?/m0/s1. The van der Waals surface area contributed by atoms with Crippen LogP contribution >= 0.6 is 0 Å². The minimum atomic E-state index is -1.17. The van der Waals surface area contributed by atoms with Gasteiger partial charge >= 0.3 is 12.1 Å². The van der Waals surface area contributed by atoms with Gasteiger partial charge < -0.3 is 19.7 Å². The number of amides is 1. The SMILES string of the molecule is C[S+]([O-])CC[C@H](NC(=O)OCc1ccccc1)C(=O)O. The van der Waals surface area contributed by atoms with Crippen molar-refractivity contribution in [1.29, 1.82) is 0 Å². The Morgan fingerprint density at radius 3 is 2.60 bits per heavy atom. The van der Waals surface area contributed by atoms with Crippen molar-refractivity contribution in [2.45, 2.75) is 19.1 Å². The molecular weight excluding hydrogens is 282 g/mol. The van der Waals surface area contributed by atoms with Gasteiger partial charge in [0.2, 0.25) is 0 Å². The lowest BCUT2D eigenvalue weighted by atomic mass is 10.2. The smallest absolute Gasteiger partial charge is 0.408 e. The topological polar surface area (TPSA) is 98.7 Å². The van der Waals surface area contributed by atoms with Gasteiger partial charge in [0.25, 0.3) is 0 Å². The molecular formula is C13H17NO5S. The molecule has 7 heteroatoms. The molecule has 0 bridgehead atoms. The fourth-order valence-electron chi connectivity index (χ4n) is 1.45. The molecule has 110 valence electrons. The van der Waals surface area contributed by atoms with Crippen LogP contribution in [0.4, 0.5) is 4.79 Å². The van der Waals surface area contributed by atoms with Crippen LogP contribution in [0.1, 0.15) is 12.0 Å². The number of hydrogen-bond donors (Lipinski definition) is 2. The zero-order chi connectivity index (χ0) is 15.0. The van der Waals surface area contributed by atoms with Crippen LogP contribution in [0.5, 0.6) is 0 Å². The van der Waals surface area contributed by atoms with E-state index in [-0.39, 0.29) is 18.8 Å². The van der Waals surface area contributed by atoms with Gasteiger partial charge in [-0.05, 0) is 5.56 Å². The maximum atomic E-state index is 11.5. The highest BCUT2D eigenvalue weighted by Gasteiger charge is 2.22. The Kier molecular flexibility index (Phi) is 6.89. The highest BCUT2D eigenvalue weighted by atomic mass is 32.2. The third-order valence-corrected chi connectivity index (χ3v) is 3.31. The predicted octanol–water partition coefficient (Wildman–Crippen LogP) is 1.13. The molecule has 0 aromatic heterocycles. The van der Waals surface area contributed by atoms with Crippen molar-refractivity contribution < 1.29 is 24.0 Å². The molecule has 2 atom stereocenters. The van der Waals surface area contributed by atoms with Crippen LogP contribution in [-0.2, 0) is 27.3 Å². The van der Waals surface area contributed by atoms with Gasteiger partial charge in [-0.2, -0.15) is 0 Å². The monoisotopic (exact) mass is 299 g/mol. The molecule has 0 aliphatic rings. The first-order chi connectivity index (χ1) is 9.49. The third kappa shape index (κ3) is 6.44. The van der Waals surface area contributed by atoms with E-state index < -0.39 is 29.3 Å². The van der Waals surface area contributed by atoms with E-state index in [1.165, 1.54) is 6.26 Å². The number of carbonyl (C=O) groups excluding carboxylic acids is 1. The Bertz CT molecular complexity index is 438. The van der Waals surface area contributed by atoms with Crippen LogP contribution in [-0.4, -0.2) is 39.8 Å². The van der Waals surface area contributed by atoms with Crippen LogP contribution in [0.2, 0.25) is 0 Å². The molecule has 0 saturated heterocycles. The number of carboxylic acids is 1. The summed E-state index contributed by atoms with van der Waals surface area (Å²) >= 11 is -1.11. The van der Waals surface area contributed by atoms with E-state index in [9.17, 15) is 14.1 Å². The van der Waals surface area contributed by atoms with Crippen molar-refractivity contribution in [2.24, 2.45) is 0 Å². The summed E-state index contributed by atoms with van der Waals surface area (Å²) in [4.78, 5) is 22.5. The van der Waals surface area contributed by atoms with Crippen molar-refractivity contribution in [3.63, 3.8) is 0 Å². The molecule has 0 saturated carbocycles. The van der Waals surface area contributed by atoms with Crippen LogP contribution in [0, 0.1) is 0 Å². The van der Waals surface area contributed by atoms with Crippen LogP contribution < -0.4 is 5.32 Å². The lowest BCUT2D eigenvalue weighted by Gasteiger charge is -2.14. The maximum Gasteiger partial charge on any atom is 0.408 e. The van der Waals surface area contributed by atoms with Crippen LogP contribution in [0.25, 0.3) is 0 Å². The van der Waals surface area contributed by atoms with Gasteiger partial charge in [-0.1, -0.05) is 41.5 Å². The molecule has 1 amide bonds. The molecule has 0 radical (unpaired) electrons. The number of nitrogens with one attached hydrogen (secondary N) is 1. The highest BCUT2D eigenvalue weighted by Crippen LogP contribution is 2.02. The second-order valence-corrected chi connectivity index (χ2v) is 5.72. The first-order valence-corrected chi connectivity index (χ1v) is 7.72. The number of ether oxygens (including phenoxy) is 1. The average molecular weight is 299 g/mol. The van der Waals surface area contributed by atoms with E-state index in [4.69, 9.17) is 9.84 Å². The van der Waals surface area contributed by atoms with Gasteiger partial charge in [0.15, 0.2) is 0 Å². The largest absolute Gasteiger partial charge is 0.617 e. The third-order valence-electron chi connectivity index (χ3n) is 2.50. The number of rotatable bonds is 7. The second-order valence-electron chi connectivity index (χ2n) is 4.16. The molecule has 0 aliphatic carbocycles. The molecule has 6 nitrogen and oxygen atoms in total. The van der Waals surface area contributed by atoms with Gasteiger partial charge in [0.1, 0.15) is 18.4 Å². The minimum absolute atomic E-state index is 0.0682. The predicted molar refractivity (Wildman–Crippen MR) is 74.7 cm³/mol. The Morgan fingerprint density at radius 1 is 1.40 bits per heavy atom. The van der Waals surface area contributed by atoms with Gasteiger partial charge in [0, 0.05) is 6.42 Å². The Labute approximate surface area is 120 Å². The molecule has 20 heavy (non-hydrogen) atoms. The normalized spacial score (nSPS) is 13.3. The zero-order valence-electron chi connectivity index (χ0n) is 11.1. The van der Waals surface area contributed by atoms with Crippen LogP contribution in [0.15, 0.2) is 30.3 Å². The van der Waals surface area contributed by atoms with Gasteiger partial charge in [-0.15, -0.1) is 0 Å². The first kappa shape index (κ1) is 16.3. The number of aliphatic carboxylic acids is 1. The number of carbonyl (C=O) groups is 2. The van der Waals surface area contributed by atoms with Gasteiger partial charge in [-0.3, -0.25) is 0 Å². The molecule has 1 unspecified atom stereocenters. The fourth-order valence-corrected chi connectivity index (χ4v) is 2.02. The molecule has 1 rings (SSSR count). The lowest BCUT2D eigenvalue weighted by molar-refractivity contribution is -0.139. The summed E-state index contributed by atoms with van der Waals surface area (Å²) in [6, 6.07) is 7.96.